The van der Waals surface area contributed by atoms with Crippen LogP contribution in [0.2, 0.25) is 18.1 Å². The number of hydrogen-bond acceptors (Lipinski definition) is 4. The van der Waals surface area contributed by atoms with Crippen molar-refractivity contribution in [1.29, 1.82) is 0 Å². The molecule has 0 unspecified atom stereocenters. The van der Waals surface area contributed by atoms with Crippen molar-refractivity contribution in [3.63, 3.8) is 0 Å². The first kappa shape index (κ1) is 24.1. The third-order valence-corrected chi connectivity index (χ3v) is 10.6. The SMILES string of the molecule is Cc1cc(-c2nc3cc(F)cc(F)c3c(=O)[nH]2)cc(C)c1OCCO[Si](C)(C)C(C)(C)C. The van der Waals surface area contributed by atoms with Gasteiger partial charge in [0.05, 0.1) is 12.1 Å². The maximum absolute atomic E-state index is 14.0. The van der Waals surface area contributed by atoms with Crippen molar-refractivity contribution in [2.24, 2.45) is 0 Å². The van der Waals surface area contributed by atoms with Crippen LogP contribution in [0.25, 0.3) is 22.3 Å². The molecule has 0 aliphatic rings. The third-order valence-electron chi connectivity index (χ3n) is 6.06. The molecule has 1 heterocycles. The van der Waals surface area contributed by atoms with Gasteiger partial charge in [0.1, 0.15) is 35.2 Å². The molecule has 0 aliphatic carbocycles. The average molecular weight is 461 g/mol. The normalized spacial score (nSPS) is 12.4. The van der Waals surface area contributed by atoms with Gasteiger partial charge in [0, 0.05) is 17.7 Å². The van der Waals surface area contributed by atoms with Gasteiger partial charge >= 0.3 is 0 Å². The zero-order valence-corrected chi connectivity index (χ0v) is 20.7. The highest BCUT2D eigenvalue weighted by atomic mass is 28.4. The predicted octanol–water partition coefficient (Wildman–Crippen LogP) is 5.89. The fraction of sp³-hybridized carbons (Fsp3) is 0.417. The Hall–Kier alpha value is -2.58. The number of benzene rings is 2. The molecule has 0 saturated carbocycles. The number of aromatic nitrogens is 2. The lowest BCUT2D eigenvalue weighted by Crippen LogP contribution is -2.41. The van der Waals surface area contributed by atoms with Crippen molar-refractivity contribution >= 4 is 19.2 Å². The first-order valence-electron chi connectivity index (χ1n) is 10.6. The van der Waals surface area contributed by atoms with Crippen LogP contribution in [0.4, 0.5) is 8.78 Å². The lowest BCUT2D eigenvalue weighted by atomic mass is 10.0. The van der Waals surface area contributed by atoms with Gasteiger partial charge in [-0.1, -0.05) is 20.8 Å². The Bertz CT molecular complexity index is 1190. The Morgan fingerprint density at radius 2 is 1.66 bits per heavy atom. The van der Waals surface area contributed by atoms with Crippen LogP contribution in [-0.4, -0.2) is 31.5 Å². The number of rotatable bonds is 6. The molecule has 5 nitrogen and oxygen atoms in total. The van der Waals surface area contributed by atoms with Crippen LogP contribution >= 0.6 is 0 Å². The quantitative estimate of drug-likeness (QED) is 0.368. The number of H-pyrrole nitrogens is 1. The molecule has 0 saturated heterocycles. The smallest absolute Gasteiger partial charge is 0.262 e. The molecule has 3 aromatic rings. The molecular formula is C24H30F2N2O3Si. The number of aryl methyl sites for hydroxylation is 2. The molecular weight excluding hydrogens is 430 g/mol. The van der Waals surface area contributed by atoms with E-state index in [1.54, 1.807) is 0 Å². The second kappa shape index (κ2) is 8.75. The number of hydrogen-bond donors (Lipinski definition) is 1. The molecule has 1 aromatic heterocycles. The minimum atomic E-state index is -1.83. The largest absolute Gasteiger partial charge is 0.491 e. The second-order valence-corrected chi connectivity index (χ2v) is 14.4. The van der Waals surface area contributed by atoms with Crippen molar-refractivity contribution in [2.75, 3.05) is 13.2 Å². The van der Waals surface area contributed by atoms with Gasteiger partial charge in [-0.3, -0.25) is 4.79 Å². The zero-order valence-electron chi connectivity index (χ0n) is 19.7. The predicted molar refractivity (Wildman–Crippen MR) is 126 cm³/mol. The van der Waals surface area contributed by atoms with Gasteiger partial charge in [0.15, 0.2) is 8.32 Å². The van der Waals surface area contributed by atoms with Crippen LogP contribution in [0.1, 0.15) is 31.9 Å². The van der Waals surface area contributed by atoms with E-state index in [0.29, 0.717) is 24.8 Å². The number of aromatic amines is 1. The summed E-state index contributed by atoms with van der Waals surface area (Å²) in [6.45, 7) is 15.7. The van der Waals surface area contributed by atoms with Crippen molar-refractivity contribution in [2.45, 2.75) is 52.8 Å². The summed E-state index contributed by atoms with van der Waals surface area (Å²) >= 11 is 0. The maximum Gasteiger partial charge on any atom is 0.262 e. The number of ether oxygens (including phenoxy) is 1. The number of halogens is 2. The van der Waals surface area contributed by atoms with Crippen LogP contribution in [-0.2, 0) is 4.43 Å². The van der Waals surface area contributed by atoms with Crippen LogP contribution in [0.15, 0.2) is 29.1 Å². The molecule has 1 N–H and O–H groups in total. The molecule has 32 heavy (non-hydrogen) atoms. The summed E-state index contributed by atoms with van der Waals surface area (Å²) < 4.78 is 39.8. The van der Waals surface area contributed by atoms with E-state index in [-0.39, 0.29) is 21.8 Å². The van der Waals surface area contributed by atoms with Gasteiger partial charge < -0.3 is 14.1 Å². The molecule has 0 atom stereocenters. The molecule has 0 radical (unpaired) electrons. The van der Waals surface area contributed by atoms with Gasteiger partial charge in [-0.25, -0.2) is 13.8 Å². The summed E-state index contributed by atoms with van der Waals surface area (Å²) in [7, 11) is -1.83. The van der Waals surface area contributed by atoms with E-state index >= 15 is 0 Å². The fourth-order valence-corrected chi connectivity index (χ4v) is 4.33. The Morgan fingerprint density at radius 3 is 2.25 bits per heavy atom. The summed E-state index contributed by atoms with van der Waals surface area (Å²) in [6, 6.07) is 5.39. The molecule has 8 heteroatoms. The Labute approximate surface area is 187 Å². The van der Waals surface area contributed by atoms with E-state index < -0.39 is 25.5 Å². The lowest BCUT2D eigenvalue weighted by Gasteiger charge is -2.36. The number of nitrogens with zero attached hydrogens (tertiary/aromatic N) is 1. The van der Waals surface area contributed by atoms with E-state index in [9.17, 15) is 13.6 Å². The third kappa shape index (κ3) is 4.91. The first-order chi connectivity index (χ1) is 14.8. The van der Waals surface area contributed by atoms with Crippen LogP contribution in [0.5, 0.6) is 5.75 Å². The molecule has 2 aromatic carbocycles. The monoisotopic (exact) mass is 460 g/mol. The van der Waals surface area contributed by atoms with E-state index in [1.807, 2.05) is 26.0 Å². The van der Waals surface area contributed by atoms with Gasteiger partial charge in [0.2, 0.25) is 0 Å². The van der Waals surface area contributed by atoms with E-state index in [4.69, 9.17) is 9.16 Å². The van der Waals surface area contributed by atoms with Crippen molar-refractivity contribution in [1.82, 2.24) is 9.97 Å². The molecule has 3 rings (SSSR count). The summed E-state index contributed by atoms with van der Waals surface area (Å²) in [6.07, 6.45) is 0. The fourth-order valence-electron chi connectivity index (χ4n) is 3.30. The molecule has 0 spiro atoms. The van der Waals surface area contributed by atoms with Crippen LogP contribution in [0, 0.1) is 25.5 Å². The van der Waals surface area contributed by atoms with Gasteiger partial charge in [-0.2, -0.15) is 0 Å². The summed E-state index contributed by atoms with van der Waals surface area (Å²) in [5, 5.41) is -0.124. The minimum Gasteiger partial charge on any atom is -0.491 e. The Morgan fingerprint density at radius 1 is 1.03 bits per heavy atom. The summed E-state index contributed by atoms with van der Waals surface area (Å²) in [5.74, 6) is -0.731. The van der Waals surface area contributed by atoms with E-state index in [2.05, 4.69) is 43.8 Å². The van der Waals surface area contributed by atoms with Crippen LogP contribution in [0.3, 0.4) is 0 Å². The standard InChI is InChI=1S/C24H30F2N2O3Si/c1-14-10-16(22-27-19-13-17(25)12-18(26)20(19)23(29)28-22)11-15(2)21(14)30-8-9-31-32(6,7)24(3,4)5/h10-13H,8-9H2,1-7H3,(H,27,28,29). The summed E-state index contributed by atoms with van der Waals surface area (Å²) in [4.78, 5) is 19.2. The van der Waals surface area contributed by atoms with Crippen molar-refractivity contribution in [3.8, 4) is 17.1 Å². The topological polar surface area (TPSA) is 64.2 Å². The molecule has 0 bridgehead atoms. The highest BCUT2D eigenvalue weighted by Crippen LogP contribution is 2.36. The minimum absolute atomic E-state index is 0.0281. The summed E-state index contributed by atoms with van der Waals surface area (Å²) in [5.41, 5.74) is 1.68. The zero-order chi connectivity index (χ0) is 23.8. The Kier molecular flexibility index (Phi) is 6.58. The van der Waals surface area contributed by atoms with E-state index in [0.717, 1.165) is 22.9 Å². The molecule has 0 fully saturated rings. The van der Waals surface area contributed by atoms with Gasteiger partial charge in [-0.15, -0.1) is 0 Å². The highest BCUT2D eigenvalue weighted by Gasteiger charge is 2.36. The van der Waals surface area contributed by atoms with Crippen molar-refractivity contribution in [3.05, 3.63) is 57.4 Å². The molecule has 172 valence electrons. The maximum atomic E-state index is 14.0. The number of fused-ring (bicyclic) bond motifs is 1. The highest BCUT2D eigenvalue weighted by molar-refractivity contribution is 6.74. The van der Waals surface area contributed by atoms with Gasteiger partial charge in [-0.05, 0) is 55.2 Å². The lowest BCUT2D eigenvalue weighted by molar-refractivity contribution is 0.202. The average Bonchev–Trinajstić information content (AvgIpc) is 2.64. The van der Waals surface area contributed by atoms with Crippen LogP contribution < -0.4 is 10.3 Å². The van der Waals surface area contributed by atoms with E-state index in [1.165, 1.54) is 0 Å². The molecule has 0 aliphatic heterocycles. The number of nitrogens with one attached hydrogen (secondary N) is 1. The van der Waals surface area contributed by atoms with Gasteiger partial charge in [0.25, 0.3) is 5.56 Å². The second-order valence-electron chi connectivity index (χ2n) is 9.59. The van der Waals surface area contributed by atoms with Crippen molar-refractivity contribution < 1.29 is 17.9 Å². The molecule has 0 amide bonds. The Balaban J connectivity index is 1.83. The first-order valence-corrected chi connectivity index (χ1v) is 13.5.